The van der Waals surface area contributed by atoms with E-state index < -0.39 is 0 Å². The summed E-state index contributed by atoms with van der Waals surface area (Å²) in [6.45, 7) is 4.48. The minimum atomic E-state index is -0.0459. The fourth-order valence-electron chi connectivity index (χ4n) is 2.70. The minimum Gasteiger partial charge on any atom is -0.461 e. The molecule has 19 heavy (non-hydrogen) atoms. The van der Waals surface area contributed by atoms with Crippen LogP contribution in [0.3, 0.4) is 0 Å². The summed E-state index contributed by atoms with van der Waals surface area (Å²) in [5.41, 5.74) is 0. The van der Waals surface area contributed by atoms with Crippen molar-refractivity contribution in [3.63, 3.8) is 0 Å². The first kappa shape index (κ1) is 15.5. The monoisotopic (exact) mass is 381 g/mol. The van der Waals surface area contributed by atoms with E-state index in [4.69, 9.17) is 4.74 Å². The number of rotatable bonds is 4. The van der Waals surface area contributed by atoms with Crippen LogP contribution in [0.15, 0.2) is 0 Å². The van der Waals surface area contributed by atoms with Crippen LogP contribution in [0.2, 0.25) is 0 Å². The molecule has 5 nitrogen and oxygen atoms in total. The summed E-state index contributed by atoms with van der Waals surface area (Å²) in [7, 11) is 2.12. The van der Waals surface area contributed by atoms with Gasteiger partial charge in [-0.3, -0.25) is 13.2 Å². The lowest BCUT2D eigenvalue weighted by atomic mass is 9.94. The van der Waals surface area contributed by atoms with Gasteiger partial charge >= 0.3 is 5.97 Å². The molecule has 2 fully saturated rings. The number of likely N-dealkylation sites (N-methyl/N-ethyl adjacent to an activating group) is 1. The molecule has 1 saturated carbocycles. The number of hydrogen-bond acceptors (Lipinski definition) is 5. The molecule has 0 aromatic heterocycles. The van der Waals surface area contributed by atoms with Crippen LogP contribution in [0.5, 0.6) is 0 Å². The van der Waals surface area contributed by atoms with Gasteiger partial charge in [-0.1, -0.05) is 0 Å². The molecule has 6 heteroatoms. The molecule has 2 aliphatic rings. The molecular formula is C13H24IN3O2. The minimum absolute atomic E-state index is 0.0459. The highest BCUT2D eigenvalue weighted by atomic mass is 127. The van der Waals surface area contributed by atoms with Gasteiger partial charge in [0.25, 0.3) is 0 Å². The van der Waals surface area contributed by atoms with Crippen molar-refractivity contribution in [3.05, 3.63) is 0 Å². The highest BCUT2D eigenvalue weighted by Gasteiger charge is 2.24. The van der Waals surface area contributed by atoms with E-state index in [1.54, 1.807) is 0 Å². The third-order valence-corrected chi connectivity index (χ3v) is 4.96. The second kappa shape index (κ2) is 7.75. The molecule has 0 aromatic rings. The van der Waals surface area contributed by atoms with Crippen LogP contribution in [0.1, 0.15) is 25.7 Å². The second-order valence-electron chi connectivity index (χ2n) is 5.65. The van der Waals surface area contributed by atoms with Crippen LogP contribution in [-0.4, -0.2) is 67.7 Å². The summed E-state index contributed by atoms with van der Waals surface area (Å²) in [5, 5.41) is 0. The Bertz CT molecular complexity index is 288. The number of halogens is 1. The van der Waals surface area contributed by atoms with Crippen LogP contribution in [0, 0.1) is 0 Å². The van der Waals surface area contributed by atoms with Crippen molar-refractivity contribution in [1.82, 2.24) is 13.3 Å². The van der Waals surface area contributed by atoms with E-state index in [1.807, 2.05) is 0 Å². The fourth-order valence-corrected chi connectivity index (χ4v) is 3.32. The first-order chi connectivity index (χ1) is 9.17. The van der Waals surface area contributed by atoms with E-state index in [0.29, 0.717) is 12.6 Å². The van der Waals surface area contributed by atoms with Crippen molar-refractivity contribution in [2.45, 2.75) is 37.8 Å². The van der Waals surface area contributed by atoms with Gasteiger partial charge in [0, 0.05) is 55.1 Å². The Morgan fingerprint density at radius 3 is 2.42 bits per heavy atom. The molecular weight excluding hydrogens is 357 g/mol. The normalized spacial score (nSPS) is 30.2. The molecule has 0 amide bonds. The second-order valence-corrected chi connectivity index (χ2v) is 6.27. The summed E-state index contributed by atoms with van der Waals surface area (Å²) >= 11 is 2.21. The van der Waals surface area contributed by atoms with Gasteiger partial charge in [0.1, 0.15) is 6.10 Å². The van der Waals surface area contributed by atoms with E-state index in [0.717, 1.165) is 51.9 Å². The summed E-state index contributed by atoms with van der Waals surface area (Å²) in [6, 6.07) is 0.591. The average molecular weight is 381 g/mol. The maximum absolute atomic E-state index is 11.9. The van der Waals surface area contributed by atoms with Gasteiger partial charge in [-0.15, -0.1) is 0 Å². The number of carbonyl (C=O) groups excluding carboxylic acids is 1. The van der Waals surface area contributed by atoms with Crippen LogP contribution < -0.4 is 3.53 Å². The van der Waals surface area contributed by atoms with Crippen molar-refractivity contribution < 1.29 is 9.53 Å². The summed E-state index contributed by atoms with van der Waals surface area (Å²) in [4.78, 5) is 16.4. The molecule has 1 heterocycles. The summed E-state index contributed by atoms with van der Waals surface area (Å²) in [6.07, 6.45) is 4.34. The molecule has 0 bridgehead atoms. The van der Waals surface area contributed by atoms with Crippen molar-refractivity contribution in [3.8, 4) is 0 Å². The molecule has 110 valence electrons. The zero-order valence-electron chi connectivity index (χ0n) is 11.6. The van der Waals surface area contributed by atoms with Gasteiger partial charge in [0.2, 0.25) is 0 Å². The molecule has 2 rings (SSSR count). The topological polar surface area (TPSA) is 44.8 Å². The first-order valence-corrected chi connectivity index (χ1v) is 8.22. The van der Waals surface area contributed by atoms with Crippen molar-refractivity contribution >= 4 is 28.8 Å². The van der Waals surface area contributed by atoms with E-state index in [2.05, 4.69) is 43.2 Å². The third kappa shape index (κ3) is 5.17. The lowest BCUT2D eigenvalue weighted by molar-refractivity contribution is -0.152. The highest BCUT2D eigenvalue weighted by molar-refractivity contribution is 14.1. The Morgan fingerprint density at radius 1 is 1.21 bits per heavy atom. The van der Waals surface area contributed by atoms with Crippen molar-refractivity contribution in [2.24, 2.45) is 0 Å². The van der Waals surface area contributed by atoms with Crippen LogP contribution in [0.25, 0.3) is 0 Å². The number of ether oxygens (including phenoxy) is 1. The summed E-state index contributed by atoms with van der Waals surface area (Å²) in [5.74, 6) is -0.0459. The van der Waals surface area contributed by atoms with E-state index >= 15 is 0 Å². The third-order valence-electron chi connectivity index (χ3n) is 4.08. The Morgan fingerprint density at radius 2 is 1.84 bits per heavy atom. The van der Waals surface area contributed by atoms with Crippen molar-refractivity contribution in [1.29, 1.82) is 0 Å². The van der Waals surface area contributed by atoms with Gasteiger partial charge < -0.3 is 9.64 Å². The molecule has 1 N–H and O–H groups in total. The van der Waals surface area contributed by atoms with Crippen LogP contribution in [-0.2, 0) is 9.53 Å². The van der Waals surface area contributed by atoms with Gasteiger partial charge in [-0.05, 0) is 32.7 Å². The zero-order valence-corrected chi connectivity index (χ0v) is 13.8. The molecule has 1 aliphatic carbocycles. The fraction of sp³-hybridized carbons (Fsp3) is 0.923. The average Bonchev–Trinajstić information content (AvgIpc) is 2.42. The largest absolute Gasteiger partial charge is 0.461 e. The SMILES string of the molecule is CN1CCN(CC(=O)OC2CCC(NI)CC2)CC1. The van der Waals surface area contributed by atoms with E-state index in [1.165, 1.54) is 0 Å². The number of piperazine rings is 1. The van der Waals surface area contributed by atoms with Gasteiger partial charge in [-0.2, -0.15) is 0 Å². The molecule has 0 aromatic carbocycles. The zero-order chi connectivity index (χ0) is 13.7. The lowest BCUT2D eigenvalue weighted by Crippen LogP contribution is -2.47. The summed E-state index contributed by atoms with van der Waals surface area (Å²) < 4.78 is 8.85. The van der Waals surface area contributed by atoms with E-state index in [-0.39, 0.29) is 12.1 Å². The maximum atomic E-state index is 11.9. The number of nitrogens with zero attached hydrogens (tertiary/aromatic N) is 2. The molecule has 1 saturated heterocycles. The van der Waals surface area contributed by atoms with Gasteiger partial charge in [0.05, 0.1) is 6.54 Å². The molecule has 0 unspecified atom stereocenters. The molecule has 0 radical (unpaired) electrons. The van der Waals surface area contributed by atoms with Gasteiger partial charge in [0.15, 0.2) is 0 Å². The Balaban J connectivity index is 1.64. The standard InChI is InChI=1S/C13H24IN3O2/c1-16-6-8-17(9-7-16)10-13(18)19-12-4-2-11(15-14)3-5-12/h11-12,15H,2-10H2,1H3. The Kier molecular flexibility index (Phi) is 6.31. The van der Waals surface area contributed by atoms with Gasteiger partial charge in [-0.25, -0.2) is 0 Å². The number of carbonyl (C=O) groups is 1. The Labute approximate surface area is 129 Å². The number of nitrogens with one attached hydrogen (secondary N) is 1. The maximum Gasteiger partial charge on any atom is 0.320 e. The predicted molar refractivity (Wildman–Crippen MR) is 83.2 cm³/mol. The molecule has 0 atom stereocenters. The van der Waals surface area contributed by atoms with Crippen LogP contribution >= 0.6 is 22.9 Å². The smallest absolute Gasteiger partial charge is 0.320 e. The lowest BCUT2D eigenvalue weighted by Gasteiger charge is -2.32. The quantitative estimate of drug-likeness (QED) is 0.448. The Hall–Kier alpha value is 0.0800. The highest BCUT2D eigenvalue weighted by Crippen LogP contribution is 2.22. The first-order valence-electron chi connectivity index (χ1n) is 7.14. The molecule has 0 spiro atoms. The van der Waals surface area contributed by atoms with E-state index in [9.17, 15) is 4.79 Å². The predicted octanol–water partition coefficient (Wildman–Crippen LogP) is 1.03. The molecule has 1 aliphatic heterocycles. The number of hydrogen-bond donors (Lipinski definition) is 1. The van der Waals surface area contributed by atoms with Crippen LogP contribution in [0.4, 0.5) is 0 Å². The number of esters is 1. The van der Waals surface area contributed by atoms with Crippen molar-refractivity contribution in [2.75, 3.05) is 39.8 Å².